The van der Waals surface area contributed by atoms with Gasteiger partial charge in [-0.3, -0.25) is 14.6 Å². The molecule has 0 bridgehead atoms. The summed E-state index contributed by atoms with van der Waals surface area (Å²) in [6, 6.07) is 2.04. The van der Waals surface area contributed by atoms with Crippen LogP contribution in [0.4, 0.5) is 0 Å². The lowest BCUT2D eigenvalue weighted by Gasteiger charge is -2.39. The molecule has 1 spiro atoms. The maximum Gasteiger partial charge on any atom is 0.236 e. The Balaban J connectivity index is 1.47. The smallest absolute Gasteiger partial charge is 0.236 e. The largest absolute Gasteiger partial charge is 0.472 e. The molecule has 4 rings (SSSR count). The van der Waals surface area contributed by atoms with Crippen LogP contribution in [-0.4, -0.2) is 71.1 Å². The normalized spacial score (nSPS) is 22.2. The van der Waals surface area contributed by atoms with Crippen LogP contribution in [0.1, 0.15) is 62.4 Å². The average Bonchev–Trinajstić information content (AvgIpc) is 3.44. The van der Waals surface area contributed by atoms with Crippen LogP contribution in [0.5, 0.6) is 0 Å². The number of furan rings is 1. The fraction of sp³-hybridized carbons (Fsp3) is 0.682. The number of hydrogen-bond donors (Lipinski definition) is 0. The summed E-state index contributed by atoms with van der Waals surface area (Å²) in [5.74, 6) is 1.63. The molecule has 2 aromatic heterocycles. The zero-order chi connectivity index (χ0) is 21.3. The van der Waals surface area contributed by atoms with Crippen LogP contribution in [0.3, 0.4) is 0 Å². The quantitative estimate of drug-likeness (QED) is 0.718. The molecule has 0 saturated carbocycles. The number of piperidine rings is 1. The Hall–Kier alpha value is -2.19. The molecule has 2 saturated heterocycles. The van der Waals surface area contributed by atoms with Gasteiger partial charge in [-0.2, -0.15) is 0 Å². The summed E-state index contributed by atoms with van der Waals surface area (Å²) in [7, 11) is 3.61. The van der Waals surface area contributed by atoms with Gasteiger partial charge in [0.05, 0.1) is 25.1 Å². The Kier molecular flexibility index (Phi) is 5.97. The van der Waals surface area contributed by atoms with E-state index in [1.54, 1.807) is 25.3 Å². The van der Waals surface area contributed by atoms with Gasteiger partial charge in [-0.1, -0.05) is 13.8 Å². The van der Waals surface area contributed by atoms with Crippen LogP contribution in [0.25, 0.3) is 0 Å². The van der Waals surface area contributed by atoms with E-state index in [1.165, 1.54) is 5.56 Å². The van der Waals surface area contributed by atoms with Crippen molar-refractivity contribution in [1.29, 1.82) is 0 Å². The predicted octanol–water partition coefficient (Wildman–Crippen LogP) is 2.90. The Morgan fingerprint density at radius 3 is 2.67 bits per heavy atom. The maximum absolute atomic E-state index is 12.5. The Morgan fingerprint density at radius 1 is 1.30 bits per heavy atom. The number of rotatable bonds is 6. The first-order valence-electron chi connectivity index (χ1n) is 10.9. The zero-order valence-corrected chi connectivity index (χ0v) is 18.5. The summed E-state index contributed by atoms with van der Waals surface area (Å²) >= 11 is 0. The third-order valence-corrected chi connectivity index (χ3v) is 6.58. The van der Waals surface area contributed by atoms with Gasteiger partial charge in [-0.25, -0.2) is 0 Å². The maximum atomic E-state index is 12.5. The zero-order valence-electron chi connectivity index (χ0n) is 18.5. The summed E-state index contributed by atoms with van der Waals surface area (Å²) < 4.78 is 11.2. The Morgan fingerprint density at radius 2 is 2.07 bits per heavy atom. The molecule has 0 aromatic carbocycles. The van der Waals surface area contributed by atoms with Gasteiger partial charge in [0.2, 0.25) is 17.7 Å². The van der Waals surface area contributed by atoms with Gasteiger partial charge in [0, 0.05) is 38.7 Å². The number of hydrogen-bond acceptors (Lipinski definition) is 7. The van der Waals surface area contributed by atoms with Crippen molar-refractivity contribution in [3.63, 3.8) is 0 Å². The molecule has 2 aliphatic heterocycles. The molecule has 1 unspecified atom stereocenters. The standard InChI is InChI=1S/C22H33N5O3/c1-16(2)20-23-24-21(30-20)18-11-22(15-27(18)13-19(28)25(3)4)6-8-26(9-7-22)12-17-5-10-29-14-17/h5,10,14,16,18H,6-9,11-13,15H2,1-4H3. The highest BCUT2D eigenvalue weighted by Crippen LogP contribution is 2.48. The fourth-order valence-electron chi connectivity index (χ4n) is 4.67. The molecule has 1 atom stereocenters. The van der Waals surface area contributed by atoms with Gasteiger partial charge in [0.1, 0.15) is 0 Å². The summed E-state index contributed by atoms with van der Waals surface area (Å²) in [5.41, 5.74) is 1.41. The van der Waals surface area contributed by atoms with Crippen molar-refractivity contribution in [2.24, 2.45) is 5.41 Å². The summed E-state index contributed by atoms with van der Waals surface area (Å²) in [6.07, 6.45) is 6.75. The van der Waals surface area contributed by atoms with Crippen LogP contribution in [0.2, 0.25) is 0 Å². The number of likely N-dealkylation sites (tertiary alicyclic amines) is 2. The molecule has 4 heterocycles. The second kappa shape index (κ2) is 8.51. The molecule has 2 aromatic rings. The van der Waals surface area contributed by atoms with Crippen LogP contribution < -0.4 is 0 Å². The topological polar surface area (TPSA) is 78.9 Å². The van der Waals surface area contributed by atoms with E-state index in [9.17, 15) is 4.79 Å². The van der Waals surface area contributed by atoms with E-state index < -0.39 is 0 Å². The Bertz CT molecular complexity index is 837. The highest BCUT2D eigenvalue weighted by Gasteiger charge is 2.48. The van der Waals surface area contributed by atoms with Crippen LogP contribution in [-0.2, 0) is 11.3 Å². The van der Waals surface area contributed by atoms with Crippen LogP contribution in [0.15, 0.2) is 27.4 Å². The van der Waals surface area contributed by atoms with Crippen molar-refractivity contribution in [3.8, 4) is 0 Å². The highest BCUT2D eigenvalue weighted by molar-refractivity contribution is 5.77. The lowest BCUT2D eigenvalue weighted by Crippen LogP contribution is -2.42. The molecule has 1 amide bonds. The average molecular weight is 416 g/mol. The van der Waals surface area contributed by atoms with E-state index in [4.69, 9.17) is 8.83 Å². The highest BCUT2D eigenvalue weighted by atomic mass is 16.4. The molecular weight excluding hydrogens is 382 g/mol. The summed E-state index contributed by atoms with van der Waals surface area (Å²) in [4.78, 5) is 18.9. The van der Waals surface area contributed by atoms with Crippen molar-refractivity contribution < 1.29 is 13.6 Å². The van der Waals surface area contributed by atoms with Crippen LogP contribution in [0, 0.1) is 5.41 Å². The first-order valence-corrected chi connectivity index (χ1v) is 10.9. The van der Waals surface area contributed by atoms with E-state index in [2.05, 4.69) is 33.8 Å². The third kappa shape index (κ3) is 4.44. The first kappa shape index (κ1) is 21.1. The summed E-state index contributed by atoms with van der Waals surface area (Å²) in [6.45, 7) is 8.42. The Labute approximate surface area is 178 Å². The molecule has 8 heteroatoms. The van der Waals surface area contributed by atoms with Gasteiger partial charge in [-0.15, -0.1) is 10.2 Å². The van der Waals surface area contributed by atoms with Crippen molar-refractivity contribution in [2.45, 2.75) is 51.6 Å². The molecule has 2 aliphatic rings. The lowest BCUT2D eigenvalue weighted by atomic mass is 9.76. The molecule has 164 valence electrons. The number of aromatic nitrogens is 2. The lowest BCUT2D eigenvalue weighted by molar-refractivity contribution is -0.130. The van der Waals surface area contributed by atoms with Gasteiger partial charge < -0.3 is 13.7 Å². The van der Waals surface area contributed by atoms with Crippen molar-refractivity contribution in [3.05, 3.63) is 35.9 Å². The molecular formula is C22H33N5O3. The SMILES string of the molecule is CC(C)c1nnc(C2CC3(CCN(Cc4ccoc4)CC3)CN2CC(=O)N(C)C)o1. The van der Waals surface area contributed by atoms with Gasteiger partial charge >= 0.3 is 0 Å². The number of likely N-dealkylation sites (N-methyl/N-ethyl adjacent to an activating group) is 1. The predicted molar refractivity (Wildman–Crippen MR) is 112 cm³/mol. The van der Waals surface area contributed by atoms with Gasteiger partial charge in [-0.05, 0) is 43.8 Å². The first-order chi connectivity index (χ1) is 14.3. The number of carbonyl (C=O) groups excluding carboxylic acids is 1. The molecule has 0 radical (unpaired) electrons. The monoisotopic (exact) mass is 415 g/mol. The molecule has 2 fully saturated rings. The second-order valence-corrected chi connectivity index (χ2v) is 9.45. The van der Waals surface area contributed by atoms with Gasteiger partial charge in [0.15, 0.2) is 0 Å². The van der Waals surface area contributed by atoms with Gasteiger partial charge in [0.25, 0.3) is 0 Å². The molecule has 30 heavy (non-hydrogen) atoms. The van der Waals surface area contributed by atoms with Crippen molar-refractivity contribution >= 4 is 5.91 Å². The molecule has 8 nitrogen and oxygen atoms in total. The minimum Gasteiger partial charge on any atom is -0.472 e. The minimum atomic E-state index is 0.00863. The van der Waals surface area contributed by atoms with E-state index in [-0.39, 0.29) is 23.3 Å². The molecule has 0 aliphatic carbocycles. The minimum absolute atomic E-state index is 0.00863. The van der Waals surface area contributed by atoms with Crippen molar-refractivity contribution in [1.82, 2.24) is 24.9 Å². The third-order valence-electron chi connectivity index (χ3n) is 6.58. The van der Waals surface area contributed by atoms with E-state index >= 15 is 0 Å². The fourth-order valence-corrected chi connectivity index (χ4v) is 4.67. The van der Waals surface area contributed by atoms with E-state index in [0.717, 1.165) is 45.4 Å². The van der Waals surface area contributed by atoms with Crippen molar-refractivity contribution in [2.75, 3.05) is 40.3 Å². The second-order valence-electron chi connectivity index (χ2n) is 9.45. The van der Waals surface area contributed by atoms with Crippen LogP contribution >= 0.6 is 0 Å². The molecule has 0 N–H and O–H groups in total. The summed E-state index contributed by atoms with van der Waals surface area (Å²) in [5, 5.41) is 8.60. The number of carbonyl (C=O) groups is 1. The number of nitrogens with zero attached hydrogens (tertiary/aromatic N) is 5. The number of amides is 1. The van der Waals surface area contributed by atoms with E-state index in [0.29, 0.717) is 18.3 Å². The van der Waals surface area contributed by atoms with E-state index in [1.807, 2.05) is 12.3 Å².